The summed E-state index contributed by atoms with van der Waals surface area (Å²) in [5, 5.41) is 40.9. The number of unbranched alkanes of at least 4 members (excludes halogenated alkanes) is 1. The average Bonchev–Trinajstić information content (AvgIpc) is 3.34. The Hall–Kier alpha value is -3.15. The molecule has 0 unspecified atom stereocenters. The van der Waals surface area contributed by atoms with Gasteiger partial charge in [0.25, 0.3) is 0 Å². The lowest BCUT2D eigenvalue weighted by Crippen LogP contribution is -2.37. The van der Waals surface area contributed by atoms with Crippen molar-refractivity contribution in [1.29, 1.82) is 0 Å². The van der Waals surface area contributed by atoms with Gasteiger partial charge in [-0.15, -0.1) is 0 Å². The number of benzene rings is 4. The van der Waals surface area contributed by atoms with Gasteiger partial charge >= 0.3 is 14.2 Å². The maximum atomic E-state index is 10.4. The SMILES string of the molecule is CCCCc1c(B(O)O)ccc2c1C1(c3ccccc3-c3ccccc31)c1cc(B(O)O)ccc1-2. The van der Waals surface area contributed by atoms with Crippen LogP contribution in [0.3, 0.4) is 0 Å². The summed E-state index contributed by atoms with van der Waals surface area (Å²) in [5.41, 5.74) is 9.98. The highest BCUT2D eigenvalue weighted by molar-refractivity contribution is 6.59. The quantitative estimate of drug-likeness (QED) is 0.299. The van der Waals surface area contributed by atoms with Crippen LogP contribution in [0.5, 0.6) is 0 Å². The molecule has 2 aliphatic rings. The first-order chi connectivity index (χ1) is 17.0. The number of fused-ring (bicyclic) bond motifs is 10. The van der Waals surface area contributed by atoms with Crippen molar-refractivity contribution < 1.29 is 20.1 Å². The van der Waals surface area contributed by atoms with Crippen molar-refractivity contribution in [2.24, 2.45) is 0 Å². The monoisotopic (exact) mass is 460 g/mol. The van der Waals surface area contributed by atoms with Crippen LogP contribution < -0.4 is 10.9 Å². The van der Waals surface area contributed by atoms with Crippen molar-refractivity contribution in [3.8, 4) is 22.3 Å². The van der Waals surface area contributed by atoms with E-state index in [0.29, 0.717) is 10.9 Å². The molecular formula is C29H26B2O4. The molecule has 0 atom stereocenters. The van der Waals surface area contributed by atoms with Gasteiger partial charge in [0.05, 0.1) is 5.41 Å². The smallest absolute Gasteiger partial charge is 0.423 e. The van der Waals surface area contributed by atoms with Crippen LogP contribution in [-0.4, -0.2) is 34.3 Å². The first-order valence-corrected chi connectivity index (χ1v) is 12.2. The second-order valence-electron chi connectivity index (χ2n) is 9.55. The lowest BCUT2D eigenvalue weighted by Gasteiger charge is -2.33. The molecule has 2 aliphatic carbocycles. The van der Waals surface area contributed by atoms with E-state index in [1.165, 1.54) is 0 Å². The van der Waals surface area contributed by atoms with E-state index in [1.807, 2.05) is 48.5 Å². The highest BCUT2D eigenvalue weighted by Crippen LogP contribution is 2.63. The van der Waals surface area contributed by atoms with Crippen LogP contribution in [0.2, 0.25) is 0 Å². The van der Waals surface area contributed by atoms with Crippen molar-refractivity contribution in [3.63, 3.8) is 0 Å². The Kier molecular flexibility index (Phi) is 5.24. The molecule has 172 valence electrons. The van der Waals surface area contributed by atoms with Crippen LogP contribution in [0.1, 0.15) is 47.6 Å². The Labute approximate surface area is 205 Å². The number of hydrogen-bond donors (Lipinski definition) is 4. The molecular weight excluding hydrogens is 434 g/mol. The van der Waals surface area contributed by atoms with Crippen molar-refractivity contribution in [3.05, 3.63) is 107 Å². The van der Waals surface area contributed by atoms with E-state index >= 15 is 0 Å². The molecule has 0 bridgehead atoms. The minimum absolute atomic E-state index is 0.440. The van der Waals surface area contributed by atoms with E-state index < -0.39 is 19.7 Å². The average molecular weight is 460 g/mol. The van der Waals surface area contributed by atoms with E-state index in [4.69, 9.17) is 0 Å². The zero-order valence-electron chi connectivity index (χ0n) is 19.6. The third kappa shape index (κ3) is 2.98. The van der Waals surface area contributed by atoms with Crippen LogP contribution >= 0.6 is 0 Å². The summed E-state index contributed by atoms with van der Waals surface area (Å²) in [6.45, 7) is 2.14. The molecule has 0 saturated carbocycles. The second-order valence-corrected chi connectivity index (χ2v) is 9.55. The van der Waals surface area contributed by atoms with Crippen LogP contribution in [0, 0.1) is 0 Å². The van der Waals surface area contributed by atoms with E-state index in [-0.39, 0.29) is 0 Å². The third-order valence-electron chi connectivity index (χ3n) is 7.77. The van der Waals surface area contributed by atoms with Crippen LogP contribution in [0.15, 0.2) is 78.9 Å². The van der Waals surface area contributed by atoms with E-state index in [9.17, 15) is 20.1 Å². The highest BCUT2D eigenvalue weighted by atomic mass is 16.4. The predicted molar refractivity (Wildman–Crippen MR) is 141 cm³/mol. The summed E-state index contributed by atoms with van der Waals surface area (Å²) in [6, 6.07) is 26.3. The van der Waals surface area contributed by atoms with Gasteiger partial charge in [-0.2, -0.15) is 0 Å². The van der Waals surface area contributed by atoms with Crippen LogP contribution in [0.25, 0.3) is 22.3 Å². The second kappa shape index (κ2) is 8.21. The zero-order valence-corrected chi connectivity index (χ0v) is 19.6. The summed E-state index contributed by atoms with van der Waals surface area (Å²) in [7, 11) is -3.16. The number of hydrogen-bond acceptors (Lipinski definition) is 4. The van der Waals surface area contributed by atoms with Crippen molar-refractivity contribution in [2.45, 2.75) is 31.6 Å². The maximum Gasteiger partial charge on any atom is 0.488 e. The summed E-state index contributed by atoms with van der Waals surface area (Å²) in [4.78, 5) is 0. The minimum atomic E-state index is -1.58. The molecule has 0 saturated heterocycles. The van der Waals surface area contributed by atoms with Gasteiger partial charge in [-0.05, 0) is 73.8 Å². The van der Waals surface area contributed by atoms with E-state index in [0.717, 1.165) is 69.3 Å². The summed E-state index contributed by atoms with van der Waals surface area (Å²) in [6.07, 6.45) is 2.63. The first kappa shape index (κ1) is 22.3. The molecule has 0 radical (unpaired) electrons. The predicted octanol–water partition coefficient (Wildman–Crippen LogP) is 2.73. The molecule has 4 aromatic carbocycles. The third-order valence-corrected chi connectivity index (χ3v) is 7.77. The lowest BCUT2D eigenvalue weighted by molar-refractivity contribution is 0.424. The summed E-state index contributed by atoms with van der Waals surface area (Å²) in [5.74, 6) is 0. The molecule has 4 nitrogen and oxygen atoms in total. The maximum absolute atomic E-state index is 10.4. The molecule has 0 aromatic heterocycles. The van der Waals surface area contributed by atoms with Gasteiger partial charge in [0.2, 0.25) is 0 Å². The van der Waals surface area contributed by atoms with Crippen molar-refractivity contribution in [2.75, 3.05) is 0 Å². The van der Waals surface area contributed by atoms with Gasteiger partial charge < -0.3 is 20.1 Å². The van der Waals surface area contributed by atoms with Gasteiger partial charge in [0.15, 0.2) is 0 Å². The molecule has 0 heterocycles. The molecule has 0 fully saturated rings. The topological polar surface area (TPSA) is 80.9 Å². The molecule has 4 aromatic rings. The van der Waals surface area contributed by atoms with Crippen LogP contribution in [-0.2, 0) is 11.8 Å². The van der Waals surface area contributed by atoms with Gasteiger partial charge in [-0.3, -0.25) is 0 Å². The molecule has 1 spiro atoms. The Balaban J connectivity index is 1.82. The number of rotatable bonds is 5. The van der Waals surface area contributed by atoms with Gasteiger partial charge in [-0.1, -0.05) is 92.2 Å². The Bertz CT molecular complexity index is 1420. The summed E-state index contributed by atoms with van der Waals surface area (Å²) < 4.78 is 0. The highest BCUT2D eigenvalue weighted by Gasteiger charge is 2.53. The van der Waals surface area contributed by atoms with Crippen molar-refractivity contribution in [1.82, 2.24) is 0 Å². The summed E-state index contributed by atoms with van der Waals surface area (Å²) >= 11 is 0. The standard InChI is InChI=1S/C29H26B2O4/c1-2-3-8-23-27(31(34)35)16-15-22-21-14-13-18(30(32)33)17-26(21)29(28(22)23)24-11-6-4-9-19(24)20-10-5-7-12-25(20)29/h4-7,9-17,32-35H,2-3,8H2,1H3. The molecule has 6 heteroatoms. The van der Waals surface area contributed by atoms with E-state index in [2.05, 4.69) is 31.2 Å². The van der Waals surface area contributed by atoms with Gasteiger partial charge in [0.1, 0.15) is 0 Å². The zero-order chi connectivity index (χ0) is 24.3. The van der Waals surface area contributed by atoms with Crippen molar-refractivity contribution >= 4 is 25.2 Å². The normalized spacial score (nSPS) is 13.9. The Morgan fingerprint density at radius 1 is 0.657 bits per heavy atom. The van der Waals surface area contributed by atoms with Gasteiger partial charge in [0, 0.05) is 0 Å². The molecule has 0 amide bonds. The Morgan fingerprint density at radius 3 is 1.86 bits per heavy atom. The first-order valence-electron chi connectivity index (χ1n) is 12.2. The molecule has 6 rings (SSSR count). The van der Waals surface area contributed by atoms with Gasteiger partial charge in [-0.25, -0.2) is 0 Å². The minimum Gasteiger partial charge on any atom is -0.423 e. The van der Waals surface area contributed by atoms with E-state index in [1.54, 1.807) is 6.07 Å². The molecule has 4 N–H and O–H groups in total. The van der Waals surface area contributed by atoms with Crippen LogP contribution in [0.4, 0.5) is 0 Å². The molecule has 35 heavy (non-hydrogen) atoms. The Morgan fingerprint density at radius 2 is 1.26 bits per heavy atom. The fourth-order valence-corrected chi connectivity index (χ4v) is 6.38. The lowest BCUT2D eigenvalue weighted by atomic mass is 9.64. The fourth-order valence-electron chi connectivity index (χ4n) is 6.38. The largest absolute Gasteiger partial charge is 0.488 e. The molecule has 0 aliphatic heterocycles. The fraction of sp³-hybridized carbons (Fsp3) is 0.172.